The van der Waals surface area contributed by atoms with E-state index >= 15 is 0 Å². The highest BCUT2D eigenvalue weighted by molar-refractivity contribution is 7.13. The average molecular weight is 442 g/mol. The van der Waals surface area contributed by atoms with Crippen LogP contribution in [0, 0.1) is 11.7 Å². The Hall–Kier alpha value is -3.07. The molecular formula is C22H24FN5O2S. The topological polar surface area (TPSA) is 88.9 Å². The van der Waals surface area contributed by atoms with E-state index in [1.165, 1.54) is 34.6 Å². The highest BCUT2D eigenvalue weighted by atomic mass is 32.1. The molecule has 1 aromatic carbocycles. The van der Waals surface area contributed by atoms with Crippen LogP contribution in [0.25, 0.3) is 16.4 Å². The fourth-order valence-corrected chi connectivity index (χ4v) is 4.38. The highest BCUT2D eigenvalue weighted by Crippen LogP contribution is 2.26. The number of hydrogen-bond acceptors (Lipinski definition) is 5. The van der Waals surface area contributed by atoms with Crippen molar-refractivity contribution in [2.75, 3.05) is 13.1 Å². The lowest BCUT2D eigenvalue weighted by Gasteiger charge is -2.20. The molecule has 3 aromatic rings. The van der Waals surface area contributed by atoms with Crippen molar-refractivity contribution in [3.05, 3.63) is 53.4 Å². The largest absolute Gasteiger partial charge is 0.354 e. The van der Waals surface area contributed by atoms with Crippen LogP contribution in [0.15, 0.2) is 41.8 Å². The van der Waals surface area contributed by atoms with Crippen molar-refractivity contribution in [1.82, 2.24) is 25.4 Å². The van der Waals surface area contributed by atoms with E-state index in [0.29, 0.717) is 18.1 Å². The van der Waals surface area contributed by atoms with Crippen LogP contribution >= 0.6 is 11.3 Å². The zero-order valence-corrected chi connectivity index (χ0v) is 17.8. The molecule has 162 valence electrons. The van der Waals surface area contributed by atoms with E-state index in [1.54, 1.807) is 12.1 Å². The Morgan fingerprint density at radius 2 is 1.81 bits per heavy atom. The Bertz CT molecular complexity index is 1030. The van der Waals surface area contributed by atoms with Gasteiger partial charge in [0, 0.05) is 19.0 Å². The molecule has 0 spiro atoms. The normalized spacial score (nSPS) is 14.4. The van der Waals surface area contributed by atoms with Crippen molar-refractivity contribution >= 4 is 23.2 Å². The minimum absolute atomic E-state index is 0.0198. The van der Waals surface area contributed by atoms with E-state index in [-0.39, 0.29) is 30.0 Å². The number of amides is 2. The third kappa shape index (κ3) is 5.16. The molecule has 1 fully saturated rings. The lowest BCUT2D eigenvalue weighted by atomic mass is 9.89. The second-order valence-electron chi connectivity index (χ2n) is 7.51. The Balaban J connectivity index is 1.40. The van der Waals surface area contributed by atoms with Gasteiger partial charge in [0.05, 0.1) is 10.6 Å². The van der Waals surface area contributed by atoms with Gasteiger partial charge in [-0.3, -0.25) is 9.59 Å². The maximum atomic E-state index is 13.3. The first-order chi connectivity index (χ1) is 15.1. The molecule has 2 heterocycles. The molecule has 0 saturated heterocycles. The van der Waals surface area contributed by atoms with Crippen LogP contribution in [-0.2, 0) is 4.79 Å². The molecule has 31 heavy (non-hydrogen) atoms. The van der Waals surface area contributed by atoms with Crippen molar-refractivity contribution in [2.45, 2.75) is 32.1 Å². The Kier molecular flexibility index (Phi) is 6.71. The SMILES string of the molecule is O=C(NCCNC(=O)C1CCCCC1)c1nc(-c2cccs2)n(-c2ccc(F)cc2)n1. The Labute approximate surface area is 183 Å². The summed E-state index contributed by atoms with van der Waals surface area (Å²) in [5.41, 5.74) is 0.607. The van der Waals surface area contributed by atoms with Crippen LogP contribution in [0.5, 0.6) is 0 Å². The summed E-state index contributed by atoms with van der Waals surface area (Å²) in [6.07, 6.45) is 5.28. The quantitative estimate of drug-likeness (QED) is 0.549. The summed E-state index contributed by atoms with van der Waals surface area (Å²) in [5, 5.41) is 11.9. The van der Waals surface area contributed by atoms with Gasteiger partial charge >= 0.3 is 0 Å². The third-order valence-corrected chi connectivity index (χ3v) is 6.17. The van der Waals surface area contributed by atoms with Crippen molar-refractivity contribution < 1.29 is 14.0 Å². The first-order valence-electron chi connectivity index (χ1n) is 10.4. The predicted octanol–water partition coefficient (Wildman–Crippen LogP) is 3.56. The molecule has 7 nitrogen and oxygen atoms in total. The monoisotopic (exact) mass is 441 g/mol. The van der Waals surface area contributed by atoms with Crippen molar-refractivity contribution in [3.8, 4) is 16.4 Å². The molecule has 0 aliphatic heterocycles. The first kappa shape index (κ1) is 21.2. The number of nitrogens with one attached hydrogen (secondary N) is 2. The molecule has 1 saturated carbocycles. The standard InChI is InChI=1S/C22H24FN5O2S/c23-16-8-10-17(11-9-16)28-20(18-7-4-14-31-18)26-19(27-28)22(30)25-13-12-24-21(29)15-5-2-1-3-6-15/h4,7-11,14-15H,1-3,5-6,12-13H2,(H,24,29)(H,25,30). The molecule has 4 rings (SSSR count). The zero-order chi connectivity index (χ0) is 21.6. The fourth-order valence-electron chi connectivity index (χ4n) is 3.69. The predicted molar refractivity (Wildman–Crippen MR) is 117 cm³/mol. The second kappa shape index (κ2) is 9.82. The van der Waals surface area contributed by atoms with Crippen molar-refractivity contribution in [1.29, 1.82) is 0 Å². The van der Waals surface area contributed by atoms with Gasteiger partial charge in [-0.1, -0.05) is 25.3 Å². The number of benzene rings is 1. The summed E-state index contributed by atoms with van der Waals surface area (Å²) in [6, 6.07) is 9.62. The molecule has 2 aromatic heterocycles. The van der Waals surface area contributed by atoms with Crippen LogP contribution in [0.1, 0.15) is 42.7 Å². The molecule has 2 amide bonds. The smallest absolute Gasteiger partial charge is 0.291 e. The van der Waals surface area contributed by atoms with Gasteiger partial charge in [-0.2, -0.15) is 0 Å². The number of carbonyl (C=O) groups excluding carboxylic acids is 2. The van der Waals surface area contributed by atoms with E-state index in [9.17, 15) is 14.0 Å². The third-order valence-electron chi connectivity index (χ3n) is 5.31. The van der Waals surface area contributed by atoms with Gasteiger partial charge < -0.3 is 10.6 Å². The number of nitrogens with zero attached hydrogens (tertiary/aromatic N) is 3. The molecule has 0 atom stereocenters. The highest BCUT2D eigenvalue weighted by Gasteiger charge is 2.21. The molecular weight excluding hydrogens is 417 g/mol. The number of rotatable bonds is 7. The van der Waals surface area contributed by atoms with E-state index in [4.69, 9.17) is 0 Å². The summed E-state index contributed by atoms with van der Waals surface area (Å²) >= 11 is 1.47. The number of carbonyl (C=O) groups is 2. The maximum Gasteiger partial charge on any atom is 0.291 e. The summed E-state index contributed by atoms with van der Waals surface area (Å²) in [7, 11) is 0. The summed E-state index contributed by atoms with van der Waals surface area (Å²) in [5.74, 6) is -0.0948. The van der Waals surface area contributed by atoms with Crippen LogP contribution in [0.4, 0.5) is 4.39 Å². The molecule has 2 N–H and O–H groups in total. The molecule has 1 aliphatic rings. The van der Waals surface area contributed by atoms with E-state index in [2.05, 4.69) is 20.7 Å². The molecule has 0 unspecified atom stereocenters. The van der Waals surface area contributed by atoms with Crippen LogP contribution in [0.3, 0.4) is 0 Å². The Morgan fingerprint density at radius 1 is 1.06 bits per heavy atom. The van der Waals surface area contributed by atoms with Gasteiger partial charge in [0.2, 0.25) is 11.7 Å². The minimum Gasteiger partial charge on any atom is -0.354 e. The molecule has 0 radical (unpaired) electrons. The molecule has 1 aliphatic carbocycles. The van der Waals surface area contributed by atoms with Gasteiger partial charge in [0.15, 0.2) is 5.82 Å². The van der Waals surface area contributed by atoms with Crippen LogP contribution < -0.4 is 10.6 Å². The summed E-state index contributed by atoms with van der Waals surface area (Å²) in [4.78, 5) is 30.0. The minimum atomic E-state index is -0.425. The summed E-state index contributed by atoms with van der Waals surface area (Å²) in [6.45, 7) is 0.647. The first-order valence-corrected chi connectivity index (χ1v) is 11.3. The number of halogens is 1. The number of hydrogen-bond donors (Lipinski definition) is 2. The average Bonchev–Trinajstić information content (AvgIpc) is 3.47. The van der Waals surface area contributed by atoms with Crippen molar-refractivity contribution in [3.63, 3.8) is 0 Å². The van der Waals surface area contributed by atoms with Gasteiger partial charge in [-0.05, 0) is 48.6 Å². The van der Waals surface area contributed by atoms with Gasteiger partial charge in [-0.15, -0.1) is 16.4 Å². The fraction of sp³-hybridized carbons (Fsp3) is 0.364. The number of aromatic nitrogens is 3. The second-order valence-corrected chi connectivity index (χ2v) is 8.45. The number of thiophene rings is 1. The lowest BCUT2D eigenvalue weighted by Crippen LogP contribution is -2.38. The van der Waals surface area contributed by atoms with E-state index < -0.39 is 5.91 Å². The Morgan fingerprint density at radius 3 is 2.52 bits per heavy atom. The van der Waals surface area contributed by atoms with E-state index in [0.717, 1.165) is 30.6 Å². The maximum absolute atomic E-state index is 13.3. The zero-order valence-electron chi connectivity index (χ0n) is 17.0. The molecule has 9 heteroatoms. The summed E-state index contributed by atoms with van der Waals surface area (Å²) < 4.78 is 14.9. The van der Waals surface area contributed by atoms with Crippen LogP contribution in [0.2, 0.25) is 0 Å². The lowest BCUT2D eigenvalue weighted by molar-refractivity contribution is -0.125. The van der Waals surface area contributed by atoms with Crippen molar-refractivity contribution in [2.24, 2.45) is 5.92 Å². The molecule has 0 bridgehead atoms. The van der Waals surface area contributed by atoms with E-state index in [1.807, 2.05) is 17.5 Å². The van der Waals surface area contributed by atoms with Gasteiger partial charge in [0.1, 0.15) is 5.82 Å². The van der Waals surface area contributed by atoms with Gasteiger partial charge in [0.25, 0.3) is 5.91 Å². The van der Waals surface area contributed by atoms with Crippen LogP contribution in [-0.4, -0.2) is 39.7 Å². The van der Waals surface area contributed by atoms with Gasteiger partial charge in [-0.25, -0.2) is 14.1 Å².